The van der Waals surface area contributed by atoms with Crippen LogP contribution in [0.3, 0.4) is 0 Å². The smallest absolute Gasteiger partial charge is 0.286 e. The number of carbonyl (C=O) groups excluding carboxylic acids is 2. The first-order valence-electron chi connectivity index (χ1n) is 18.5. The van der Waals surface area contributed by atoms with Crippen LogP contribution in [0.5, 0.6) is 0 Å². The molecule has 0 aliphatic heterocycles. The first-order valence-corrected chi connectivity index (χ1v) is 21.0. The van der Waals surface area contributed by atoms with Crippen molar-refractivity contribution < 1.29 is 34.6 Å². The summed E-state index contributed by atoms with van der Waals surface area (Å²) in [5, 5.41) is 42.8. The van der Waals surface area contributed by atoms with Gasteiger partial charge in [-0.05, 0) is 52.6 Å². The maximum atomic E-state index is 12.4. The fraction of sp³-hybridized carbons (Fsp3) is 0.333. The van der Waals surface area contributed by atoms with Gasteiger partial charge in [0.25, 0.3) is 5.91 Å². The minimum absolute atomic E-state index is 0.0143. The summed E-state index contributed by atoms with van der Waals surface area (Å²) in [6.07, 6.45) is 16.7. The van der Waals surface area contributed by atoms with Gasteiger partial charge in [0, 0.05) is 80.5 Å². The van der Waals surface area contributed by atoms with Crippen molar-refractivity contribution in [3.05, 3.63) is 120 Å². The molecule has 0 aliphatic carbocycles. The van der Waals surface area contributed by atoms with Gasteiger partial charge in [0.15, 0.2) is 12.4 Å². The number of aliphatic hydroxyl groups excluding tert-OH is 4. The number of hydrogen-bond donors (Lipinski definition) is 6. The predicted molar refractivity (Wildman–Crippen MR) is 233 cm³/mol. The van der Waals surface area contributed by atoms with Gasteiger partial charge in [-0.15, -0.1) is 0 Å². The van der Waals surface area contributed by atoms with Crippen LogP contribution in [0.25, 0.3) is 18.2 Å². The van der Waals surface area contributed by atoms with Crippen molar-refractivity contribution in [3.63, 3.8) is 0 Å². The molecule has 14 heteroatoms. The Balaban J connectivity index is 1.25. The summed E-state index contributed by atoms with van der Waals surface area (Å²) in [4.78, 5) is 32.6. The lowest BCUT2D eigenvalue weighted by Crippen LogP contribution is -2.42. The van der Waals surface area contributed by atoms with Crippen molar-refractivity contribution in [1.29, 1.82) is 0 Å². The number of hydrogen-bond acceptors (Lipinski definition) is 11. The van der Waals surface area contributed by atoms with Crippen LogP contribution < -0.4 is 25.0 Å². The molecule has 0 radical (unpaired) electrons. The molecule has 2 aromatic carbocycles. The van der Waals surface area contributed by atoms with E-state index in [1.807, 2.05) is 112 Å². The molecule has 0 bridgehead atoms. The number of aliphatic imine (C=N–C) groups is 1. The molecule has 1 aromatic heterocycles. The maximum Gasteiger partial charge on any atom is 0.286 e. The quantitative estimate of drug-likeness (QED) is 0.0222. The van der Waals surface area contributed by atoms with Crippen LogP contribution in [-0.4, -0.2) is 122 Å². The van der Waals surface area contributed by atoms with E-state index in [2.05, 4.69) is 22.2 Å². The lowest BCUT2D eigenvalue weighted by molar-refractivity contribution is -0.684. The summed E-state index contributed by atoms with van der Waals surface area (Å²) in [5.41, 5.74) is 5.74. The zero-order chi connectivity index (χ0) is 40.2. The second kappa shape index (κ2) is 27.8. The van der Waals surface area contributed by atoms with E-state index < -0.39 is 0 Å². The molecule has 6 N–H and O–H groups in total. The van der Waals surface area contributed by atoms with Crippen molar-refractivity contribution in [2.45, 2.75) is 6.54 Å². The highest BCUT2D eigenvalue weighted by atomic mass is 33.1. The van der Waals surface area contributed by atoms with Crippen LogP contribution in [0.15, 0.2) is 108 Å². The summed E-state index contributed by atoms with van der Waals surface area (Å²) < 4.78 is 1.83. The van der Waals surface area contributed by atoms with E-state index in [1.165, 1.54) is 0 Å². The van der Waals surface area contributed by atoms with Crippen LogP contribution in [-0.2, 0) is 16.1 Å². The summed E-state index contributed by atoms with van der Waals surface area (Å²) in [6.45, 7) is 7.09. The topological polar surface area (TPSA) is 162 Å². The number of anilines is 2. The van der Waals surface area contributed by atoms with Crippen molar-refractivity contribution in [1.82, 2.24) is 10.6 Å². The average molecular weight is 804 g/mol. The number of aliphatic hydroxyl groups is 4. The number of allylic oxidation sites excluding steroid dienone is 4. The van der Waals surface area contributed by atoms with Crippen LogP contribution in [0, 0.1) is 0 Å². The molecule has 0 saturated heterocycles. The van der Waals surface area contributed by atoms with E-state index in [4.69, 9.17) is 0 Å². The molecule has 0 aliphatic rings. The lowest BCUT2D eigenvalue weighted by atomic mass is 10.1. The fourth-order valence-corrected chi connectivity index (χ4v) is 7.02. The van der Waals surface area contributed by atoms with Gasteiger partial charge in [0.05, 0.1) is 26.4 Å². The van der Waals surface area contributed by atoms with Crippen molar-refractivity contribution in [2.24, 2.45) is 4.99 Å². The van der Waals surface area contributed by atoms with Crippen LogP contribution in [0.2, 0.25) is 0 Å². The lowest BCUT2D eigenvalue weighted by Gasteiger charge is -2.22. The van der Waals surface area contributed by atoms with Gasteiger partial charge < -0.3 is 40.9 Å². The van der Waals surface area contributed by atoms with Gasteiger partial charge in [0.1, 0.15) is 6.54 Å². The molecule has 2 amide bonds. The Bertz CT molecular complexity index is 1700. The fourth-order valence-electron chi connectivity index (χ4n) is 5.21. The van der Waals surface area contributed by atoms with Crippen molar-refractivity contribution in [2.75, 3.05) is 93.5 Å². The molecule has 0 atom stereocenters. The number of aromatic nitrogens is 1. The van der Waals surface area contributed by atoms with Gasteiger partial charge in [-0.2, -0.15) is 4.57 Å². The minimum Gasteiger partial charge on any atom is -0.395 e. The Morgan fingerprint density at radius 3 is 1.62 bits per heavy atom. The zero-order valence-electron chi connectivity index (χ0n) is 31.8. The van der Waals surface area contributed by atoms with Crippen molar-refractivity contribution in [3.8, 4) is 0 Å². The molecule has 0 fully saturated rings. The number of carbonyl (C=O) groups is 2. The summed E-state index contributed by atoms with van der Waals surface area (Å²) in [5.74, 6) is 1.26. The van der Waals surface area contributed by atoms with Gasteiger partial charge in [0.2, 0.25) is 12.5 Å². The molecule has 56 heavy (non-hydrogen) atoms. The second-order valence-electron chi connectivity index (χ2n) is 12.2. The minimum atomic E-state index is -0.158. The number of nitrogens with one attached hydrogen (secondary N) is 2. The summed E-state index contributed by atoms with van der Waals surface area (Å²) >= 11 is 0. The molecule has 3 aromatic rings. The third-order valence-electron chi connectivity index (χ3n) is 8.12. The van der Waals surface area contributed by atoms with E-state index in [9.17, 15) is 30.0 Å². The molecule has 0 unspecified atom stereocenters. The number of amides is 2. The highest BCUT2D eigenvalue weighted by Gasteiger charge is 2.09. The van der Waals surface area contributed by atoms with Crippen LogP contribution in [0.1, 0.15) is 16.7 Å². The monoisotopic (exact) mass is 803 g/mol. The van der Waals surface area contributed by atoms with Crippen LogP contribution in [0.4, 0.5) is 11.4 Å². The first-order chi connectivity index (χ1) is 27.4. The summed E-state index contributed by atoms with van der Waals surface area (Å²) in [6, 6.07) is 19.7. The third-order valence-corrected chi connectivity index (χ3v) is 10.5. The molecule has 300 valence electrons. The Kier molecular flexibility index (Phi) is 22.7. The molecule has 3 rings (SSSR count). The Morgan fingerprint density at radius 2 is 1.14 bits per heavy atom. The average Bonchev–Trinajstić information content (AvgIpc) is 3.21. The normalized spacial score (nSPS) is 11.8. The SMILES string of the molecule is C=CC(/C=C/c1ccc(N(CCO)CCO)cc1)=C\C=N\CC(=O)NCCSSCCNC(=O)C[n+]1ccc(/C=C/c2ccc(N(CCO)CCO)cc2)cc1. The summed E-state index contributed by atoms with van der Waals surface area (Å²) in [7, 11) is 3.28. The number of pyridine rings is 1. The molecule has 0 saturated carbocycles. The van der Waals surface area contributed by atoms with E-state index in [-0.39, 0.29) is 51.3 Å². The largest absolute Gasteiger partial charge is 0.395 e. The Hall–Kier alpha value is -4.70. The van der Waals surface area contributed by atoms with Crippen molar-refractivity contribution >= 4 is 69.2 Å². The van der Waals surface area contributed by atoms with Crippen LogP contribution >= 0.6 is 21.6 Å². The third kappa shape index (κ3) is 18.3. The highest BCUT2D eigenvalue weighted by Crippen LogP contribution is 2.20. The Morgan fingerprint density at radius 1 is 0.679 bits per heavy atom. The Labute approximate surface area is 338 Å². The van der Waals surface area contributed by atoms with E-state index in [0.29, 0.717) is 39.3 Å². The maximum absolute atomic E-state index is 12.4. The van der Waals surface area contributed by atoms with Gasteiger partial charge in [-0.25, -0.2) is 0 Å². The molecule has 1 heterocycles. The van der Waals surface area contributed by atoms with E-state index >= 15 is 0 Å². The zero-order valence-corrected chi connectivity index (χ0v) is 33.4. The van der Waals surface area contributed by atoms with E-state index in [0.717, 1.165) is 45.1 Å². The standard InChI is InChI=1S/C42H54N6O6S2/c1-2-35(3-4-36-7-11-39(12-8-36)47(23-27-49)24-28-50)15-18-43-33-41(53)44-19-31-55-56-32-20-45-42(54)34-46-21-16-38(17-22-46)6-5-37-9-13-40(14-10-37)48(25-29-51)26-30-52/h2-18,21-22,49-52H,1,19-20,23-34H2,(H-,44,45,53,54)/p+1/b4-3+,35-15+,43-18+. The van der Waals surface area contributed by atoms with Gasteiger partial charge in [-0.3, -0.25) is 14.6 Å². The highest BCUT2D eigenvalue weighted by molar-refractivity contribution is 8.76. The van der Waals surface area contributed by atoms with Gasteiger partial charge >= 0.3 is 0 Å². The number of rotatable bonds is 27. The number of benzene rings is 2. The van der Waals surface area contributed by atoms with Gasteiger partial charge in [-0.1, -0.05) is 82.8 Å². The molecule has 0 spiro atoms. The molecular formula is C42H55N6O6S2+. The molecule has 12 nitrogen and oxygen atoms in total. The second-order valence-corrected chi connectivity index (χ2v) is 14.9. The first kappa shape index (κ1) is 45.7. The predicted octanol–water partition coefficient (Wildman–Crippen LogP) is 3.24. The van der Waals surface area contributed by atoms with E-state index in [1.54, 1.807) is 40.0 Å². The number of nitrogens with zero attached hydrogens (tertiary/aromatic N) is 4. The molecular weight excluding hydrogens is 749 g/mol.